The fourth-order valence-corrected chi connectivity index (χ4v) is 0. The number of hydrogen-bond donors (Lipinski definition) is 0. The summed E-state index contributed by atoms with van der Waals surface area (Å²) in [4.78, 5) is 9.16. The van der Waals surface area contributed by atoms with Gasteiger partial charge in [-0.2, -0.15) is 0 Å². The Hall–Kier alpha value is 0.966. The number of aliphatic carboxylic acids is 1. The molecule has 0 aromatic rings. The molecule has 2 nitrogen and oxygen atoms in total. The van der Waals surface area contributed by atoms with Crippen LogP contribution in [0.25, 0.3) is 0 Å². The Kier molecular flexibility index (Phi) is 5.70. The van der Waals surface area contributed by atoms with Crippen LogP contribution in [0.1, 0.15) is 6.92 Å². The van der Waals surface area contributed by atoms with Gasteiger partial charge in [-0.25, -0.2) is 8.78 Å². The molecule has 0 radical (unpaired) electrons. The van der Waals surface area contributed by atoms with Gasteiger partial charge in [0.2, 0.25) is 0 Å². The van der Waals surface area contributed by atoms with Crippen molar-refractivity contribution in [1.29, 1.82) is 0 Å². The van der Waals surface area contributed by atoms with Gasteiger partial charge in [0.15, 0.2) is 0 Å². The number of carbonyl (C=O) groups excluding carboxylic acids is 1. The molecule has 0 unspecified atom stereocenters. The average molecular weight is 148 g/mol. The molecule has 0 atom stereocenters. The maximum Gasteiger partial charge on any atom is 1.00 e. The van der Waals surface area contributed by atoms with E-state index in [0.717, 1.165) is 0 Å². The van der Waals surface area contributed by atoms with Gasteiger partial charge in [-0.3, -0.25) is 0 Å². The molecule has 8 heavy (non-hydrogen) atoms. The van der Waals surface area contributed by atoms with Gasteiger partial charge in [0.25, 0.3) is 5.92 Å². The number of carbonyl (C=O) groups is 1. The van der Waals surface area contributed by atoms with Crippen molar-refractivity contribution in [2.75, 3.05) is 0 Å². The van der Waals surface area contributed by atoms with Gasteiger partial charge < -0.3 is 9.90 Å². The molecule has 5 heteroatoms. The topological polar surface area (TPSA) is 40.1 Å². The third-order valence-electron chi connectivity index (χ3n) is 0.358. The van der Waals surface area contributed by atoms with Crippen LogP contribution in [0.3, 0.4) is 0 Å². The van der Waals surface area contributed by atoms with Crippen LogP contribution in [0.2, 0.25) is 0 Å². The molecule has 0 aliphatic rings. The summed E-state index contributed by atoms with van der Waals surface area (Å²) in [5.74, 6) is -6.03. The predicted octanol–water partition coefficient (Wildman–Crippen LogP) is -3.60. The van der Waals surface area contributed by atoms with Gasteiger partial charge in [-0.05, 0) is 0 Å². The summed E-state index contributed by atoms with van der Waals surface area (Å²) in [5, 5.41) is 9.16. The van der Waals surface area contributed by atoms with E-state index in [1.54, 1.807) is 0 Å². The molecule has 0 fully saturated rings. The maximum absolute atomic E-state index is 11.2. The van der Waals surface area contributed by atoms with Gasteiger partial charge in [-0.15, -0.1) is 0 Å². The van der Waals surface area contributed by atoms with E-state index in [4.69, 9.17) is 9.90 Å². The number of hydrogen-bond acceptors (Lipinski definition) is 2. The minimum atomic E-state index is -3.69. The fourth-order valence-electron chi connectivity index (χ4n) is 0. The molecule has 0 aromatic heterocycles. The van der Waals surface area contributed by atoms with E-state index in [0.29, 0.717) is 0 Å². The zero-order valence-electron chi connectivity index (χ0n) is 4.57. The van der Waals surface area contributed by atoms with Crippen molar-refractivity contribution in [3.8, 4) is 0 Å². The molecular formula is C3H3F2KO2. The van der Waals surface area contributed by atoms with Crippen LogP contribution in [-0.2, 0) is 4.79 Å². The molecule has 0 amide bonds. The molecule has 0 rings (SSSR count). The minimum Gasteiger partial charge on any atom is -0.544 e. The average Bonchev–Trinajstić information content (AvgIpc) is 1.31. The van der Waals surface area contributed by atoms with Crippen molar-refractivity contribution < 1.29 is 70.1 Å². The number of carboxylic acids is 1. The van der Waals surface area contributed by atoms with Gasteiger partial charge >= 0.3 is 51.4 Å². The largest absolute Gasteiger partial charge is 1.00 e. The minimum absolute atomic E-state index is 0. The first-order valence-electron chi connectivity index (χ1n) is 1.54. The smallest absolute Gasteiger partial charge is 0.544 e. The quantitative estimate of drug-likeness (QED) is 0.360. The second kappa shape index (κ2) is 3.89. The number of rotatable bonds is 1. The first-order valence-corrected chi connectivity index (χ1v) is 1.54. The third-order valence-corrected chi connectivity index (χ3v) is 0.358. The zero-order chi connectivity index (χ0) is 6.08. The van der Waals surface area contributed by atoms with Crippen molar-refractivity contribution in [1.82, 2.24) is 0 Å². The second-order valence-corrected chi connectivity index (χ2v) is 1.18. The molecule has 42 valence electrons. The van der Waals surface area contributed by atoms with E-state index >= 15 is 0 Å². The van der Waals surface area contributed by atoms with E-state index in [2.05, 4.69) is 0 Å². The molecule has 0 heterocycles. The Balaban J connectivity index is 0. The van der Waals surface area contributed by atoms with Crippen LogP contribution < -0.4 is 56.5 Å². The van der Waals surface area contributed by atoms with Crippen molar-refractivity contribution in [2.45, 2.75) is 12.8 Å². The maximum atomic E-state index is 11.2. The van der Waals surface area contributed by atoms with Crippen molar-refractivity contribution >= 4 is 5.97 Å². The summed E-state index contributed by atoms with van der Waals surface area (Å²) >= 11 is 0. The third kappa shape index (κ3) is 5.11. The van der Waals surface area contributed by atoms with Crippen LogP contribution in [-0.4, -0.2) is 11.9 Å². The van der Waals surface area contributed by atoms with Gasteiger partial charge in [0.1, 0.15) is 5.97 Å². The molecule has 0 aromatic carbocycles. The van der Waals surface area contributed by atoms with Crippen LogP contribution >= 0.6 is 0 Å². The number of halogens is 2. The van der Waals surface area contributed by atoms with Crippen LogP contribution in [0, 0.1) is 0 Å². The summed E-state index contributed by atoms with van der Waals surface area (Å²) in [5.41, 5.74) is 0. The van der Waals surface area contributed by atoms with E-state index < -0.39 is 11.9 Å². The van der Waals surface area contributed by atoms with E-state index in [-0.39, 0.29) is 58.3 Å². The van der Waals surface area contributed by atoms with Crippen LogP contribution in [0.15, 0.2) is 0 Å². The Bertz CT molecular complexity index is 87.8. The molecule has 0 N–H and O–H groups in total. The van der Waals surface area contributed by atoms with E-state index in [1.807, 2.05) is 0 Å². The standard InChI is InChI=1S/C3H4F2O2.K/c1-3(4,5)2(6)7;/h1H3,(H,6,7);/q;+1/p-1. The van der Waals surface area contributed by atoms with Crippen LogP contribution in [0.4, 0.5) is 8.78 Å². The van der Waals surface area contributed by atoms with Crippen molar-refractivity contribution in [3.05, 3.63) is 0 Å². The second-order valence-electron chi connectivity index (χ2n) is 1.18. The van der Waals surface area contributed by atoms with Crippen molar-refractivity contribution in [2.24, 2.45) is 0 Å². The predicted molar refractivity (Wildman–Crippen MR) is 15.6 cm³/mol. The number of alkyl halides is 2. The summed E-state index contributed by atoms with van der Waals surface area (Å²) < 4.78 is 22.4. The Morgan fingerprint density at radius 2 is 1.75 bits per heavy atom. The zero-order valence-corrected chi connectivity index (χ0v) is 7.70. The normalized spacial score (nSPS) is 9.88. The first kappa shape index (κ1) is 11.7. The summed E-state index contributed by atoms with van der Waals surface area (Å²) in [7, 11) is 0. The molecule has 0 saturated carbocycles. The summed E-state index contributed by atoms with van der Waals surface area (Å²) in [6.45, 7) is 0.266. The van der Waals surface area contributed by atoms with E-state index in [1.165, 1.54) is 0 Å². The Morgan fingerprint density at radius 1 is 1.62 bits per heavy atom. The molecule has 0 spiro atoms. The molecule has 0 aliphatic heterocycles. The van der Waals surface area contributed by atoms with Crippen molar-refractivity contribution in [3.63, 3.8) is 0 Å². The summed E-state index contributed by atoms with van der Waals surface area (Å²) in [6.07, 6.45) is 0. The SMILES string of the molecule is CC(F)(F)C(=O)[O-].[K+]. The molecule has 0 aliphatic carbocycles. The number of carboxylic acid groups (broad SMARTS) is 1. The first-order chi connectivity index (χ1) is 2.94. The van der Waals surface area contributed by atoms with E-state index in [9.17, 15) is 8.78 Å². The van der Waals surface area contributed by atoms with Crippen LogP contribution in [0.5, 0.6) is 0 Å². The fraction of sp³-hybridized carbons (Fsp3) is 0.667. The molecule has 0 saturated heterocycles. The van der Waals surface area contributed by atoms with Gasteiger partial charge in [0, 0.05) is 6.92 Å². The summed E-state index contributed by atoms with van der Waals surface area (Å²) in [6, 6.07) is 0. The molecular weight excluding hydrogens is 145 g/mol. The Labute approximate surface area is 87.7 Å². The Morgan fingerprint density at radius 3 is 1.75 bits per heavy atom. The monoisotopic (exact) mass is 148 g/mol. The van der Waals surface area contributed by atoms with Gasteiger partial charge in [-0.1, -0.05) is 0 Å². The van der Waals surface area contributed by atoms with Gasteiger partial charge in [0.05, 0.1) is 0 Å². The molecule has 0 bridgehead atoms.